The van der Waals surface area contributed by atoms with E-state index in [9.17, 15) is 22.8 Å². The summed E-state index contributed by atoms with van der Waals surface area (Å²) in [5.41, 5.74) is -0.442. The highest BCUT2D eigenvalue weighted by molar-refractivity contribution is 5.97. The molecule has 1 amide bonds. The third-order valence-electron chi connectivity index (χ3n) is 3.22. The number of imidazole rings is 1. The van der Waals surface area contributed by atoms with E-state index >= 15 is 0 Å². The van der Waals surface area contributed by atoms with Crippen LogP contribution in [0.15, 0.2) is 23.0 Å². The normalized spacial score (nSPS) is 13.3. The Bertz CT molecular complexity index is 762. The van der Waals surface area contributed by atoms with Gasteiger partial charge in [-0.1, -0.05) is 0 Å². The Balaban J connectivity index is 2.23. The molecule has 0 bridgehead atoms. The molecule has 1 aromatic heterocycles. The van der Waals surface area contributed by atoms with Crippen molar-refractivity contribution in [2.75, 3.05) is 6.54 Å². The lowest BCUT2D eigenvalue weighted by atomic mass is 10.2. The number of hydrogen-bond donors (Lipinski definition) is 3. The van der Waals surface area contributed by atoms with Crippen molar-refractivity contribution in [1.29, 1.82) is 0 Å². The third kappa shape index (κ3) is 4.35. The minimum absolute atomic E-state index is 0.0767. The predicted molar refractivity (Wildman–Crippen MR) is 77.2 cm³/mol. The van der Waals surface area contributed by atoms with E-state index in [2.05, 4.69) is 10.3 Å². The number of aliphatic hydroxyl groups is 1. The molecule has 126 valence electrons. The number of amides is 1. The number of alkyl halides is 3. The number of carbonyl (C=O) groups is 1. The molecule has 2 aromatic rings. The molecule has 1 unspecified atom stereocenters. The van der Waals surface area contributed by atoms with E-state index in [4.69, 9.17) is 5.11 Å². The van der Waals surface area contributed by atoms with Crippen LogP contribution in [0.1, 0.15) is 23.7 Å². The van der Waals surface area contributed by atoms with Crippen molar-refractivity contribution >= 4 is 16.9 Å². The standard InChI is InChI=1S/C14H16F3N3O3/c1-8(21)4-5-18-12(22)9-2-3-11-10(6-9)19-13(23)20(11)7-14(15,16)17/h2-3,6,8,21H,4-5,7H2,1H3,(H,18,22)(H,19,23). The Morgan fingerprint density at radius 1 is 1.43 bits per heavy atom. The summed E-state index contributed by atoms with van der Waals surface area (Å²) in [6.07, 6.45) is -4.69. The lowest BCUT2D eigenvalue weighted by Crippen LogP contribution is -2.26. The summed E-state index contributed by atoms with van der Waals surface area (Å²) in [5, 5.41) is 11.7. The third-order valence-corrected chi connectivity index (χ3v) is 3.22. The van der Waals surface area contributed by atoms with Crippen LogP contribution in [-0.2, 0) is 6.54 Å². The first-order valence-electron chi connectivity index (χ1n) is 6.93. The quantitative estimate of drug-likeness (QED) is 0.774. The first kappa shape index (κ1) is 17.1. The van der Waals surface area contributed by atoms with Gasteiger partial charge in [0.2, 0.25) is 0 Å². The van der Waals surface area contributed by atoms with Gasteiger partial charge in [0.1, 0.15) is 6.54 Å². The molecule has 1 atom stereocenters. The van der Waals surface area contributed by atoms with E-state index in [0.717, 1.165) is 0 Å². The van der Waals surface area contributed by atoms with Gasteiger partial charge < -0.3 is 15.4 Å². The van der Waals surface area contributed by atoms with Crippen molar-refractivity contribution in [3.63, 3.8) is 0 Å². The van der Waals surface area contributed by atoms with Gasteiger partial charge in [0.05, 0.1) is 17.1 Å². The van der Waals surface area contributed by atoms with E-state index in [0.29, 0.717) is 11.0 Å². The highest BCUT2D eigenvalue weighted by Gasteiger charge is 2.29. The number of halogens is 3. The number of benzene rings is 1. The number of nitrogens with one attached hydrogen (secondary N) is 2. The molecule has 0 saturated carbocycles. The van der Waals surface area contributed by atoms with Crippen molar-refractivity contribution in [1.82, 2.24) is 14.9 Å². The molecule has 1 heterocycles. The highest BCUT2D eigenvalue weighted by atomic mass is 19.4. The molecule has 0 fully saturated rings. The van der Waals surface area contributed by atoms with Crippen molar-refractivity contribution < 1.29 is 23.1 Å². The molecule has 6 nitrogen and oxygen atoms in total. The van der Waals surface area contributed by atoms with Gasteiger partial charge in [-0.3, -0.25) is 9.36 Å². The monoisotopic (exact) mass is 331 g/mol. The van der Waals surface area contributed by atoms with Gasteiger partial charge in [-0.2, -0.15) is 13.2 Å². The summed E-state index contributed by atoms with van der Waals surface area (Å²) in [6.45, 7) is 0.457. The van der Waals surface area contributed by atoms with Crippen LogP contribution in [0.2, 0.25) is 0 Å². The minimum Gasteiger partial charge on any atom is -0.393 e. The first-order valence-corrected chi connectivity index (χ1v) is 6.93. The fraction of sp³-hybridized carbons (Fsp3) is 0.429. The van der Waals surface area contributed by atoms with Gasteiger partial charge in [-0.05, 0) is 31.5 Å². The van der Waals surface area contributed by atoms with Crippen LogP contribution in [-0.4, -0.2) is 39.4 Å². The summed E-state index contributed by atoms with van der Waals surface area (Å²) < 4.78 is 38.0. The number of fused-ring (bicyclic) bond motifs is 1. The topological polar surface area (TPSA) is 87.1 Å². The summed E-state index contributed by atoms with van der Waals surface area (Å²) in [4.78, 5) is 25.8. The Hall–Kier alpha value is -2.29. The maximum atomic E-state index is 12.5. The second-order valence-electron chi connectivity index (χ2n) is 5.26. The van der Waals surface area contributed by atoms with Crippen LogP contribution in [0, 0.1) is 0 Å². The zero-order valence-electron chi connectivity index (χ0n) is 12.3. The number of aromatic amines is 1. The molecule has 2 rings (SSSR count). The average Bonchev–Trinajstić information content (AvgIpc) is 2.72. The van der Waals surface area contributed by atoms with Crippen LogP contribution in [0.25, 0.3) is 11.0 Å². The molecule has 0 saturated heterocycles. The molecular formula is C14H16F3N3O3. The van der Waals surface area contributed by atoms with E-state index < -0.39 is 30.4 Å². The molecule has 3 N–H and O–H groups in total. The van der Waals surface area contributed by atoms with Gasteiger partial charge in [0.15, 0.2) is 0 Å². The molecule has 0 aliphatic heterocycles. The Morgan fingerprint density at radius 3 is 2.74 bits per heavy atom. The van der Waals surface area contributed by atoms with Gasteiger partial charge in [0, 0.05) is 12.1 Å². The van der Waals surface area contributed by atoms with Crippen molar-refractivity contribution in [3.8, 4) is 0 Å². The van der Waals surface area contributed by atoms with Crippen LogP contribution < -0.4 is 11.0 Å². The van der Waals surface area contributed by atoms with Gasteiger partial charge in [0.25, 0.3) is 5.91 Å². The van der Waals surface area contributed by atoms with Gasteiger partial charge >= 0.3 is 11.9 Å². The second kappa shape index (κ2) is 6.45. The zero-order chi connectivity index (χ0) is 17.2. The van der Waals surface area contributed by atoms with Crippen LogP contribution in [0.5, 0.6) is 0 Å². The highest BCUT2D eigenvalue weighted by Crippen LogP contribution is 2.20. The lowest BCUT2D eigenvalue weighted by molar-refractivity contribution is -0.140. The summed E-state index contributed by atoms with van der Waals surface area (Å²) in [7, 11) is 0. The molecular weight excluding hydrogens is 315 g/mol. The van der Waals surface area contributed by atoms with E-state index in [1.807, 2.05) is 0 Å². The van der Waals surface area contributed by atoms with Crippen molar-refractivity contribution in [2.45, 2.75) is 32.2 Å². The van der Waals surface area contributed by atoms with Crippen molar-refractivity contribution in [2.24, 2.45) is 0 Å². The summed E-state index contributed by atoms with van der Waals surface area (Å²) >= 11 is 0. The number of rotatable bonds is 5. The zero-order valence-corrected chi connectivity index (χ0v) is 12.3. The Kier molecular flexibility index (Phi) is 4.79. The second-order valence-corrected chi connectivity index (χ2v) is 5.26. The summed E-state index contributed by atoms with van der Waals surface area (Å²) in [6, 6.07) is 3.96. The number of carbonyl (C=O) groups excluding carboxylic acids is 1. The SMILES string of the molecule is CC(O)CCNC(=O)c1ccc2c(c1)[nH]c(=O)n2CC(F)(F)F. The van der Waals surface area contributed by atoms with Crippen molar-refractivity contribution in [3.05, 3.63) is 34.2 Å². The smallest absolute Gasteiger partial charge is 0.393 e. The molecule has 0 aliphatic carbocycles. The van der Waals surface area contributed by atoms with Gasteiger partial charge in [-0.15, -0.1) is 0 Å². The Labute approximate surface area is 128 Å². The van der Waals surface area contributed by atoms with E-state index in [1.165, 1.54) is 18.2 Å². The predicted octanol–water partition coefficient (Wildman–Crippen LogP) is 1.39. The maximum absolute atomic E-state index is 12.5. The maximum Gasteiger partial charge on any atom is 0.406 e. The molecule has 9 heteroatoms. The number of aliphatic hydroxyl groups excluding tert-OH is 1. The Morgan fingerprint density at radius 2 is 2.13 bits per heavy atom. The summed E-state index contributed by atoms with van der Waals surface area (Å²) in [5.74, 6) is -0.433. The average molecular weight is 331 g/mol. The number of aromatic nitrogens is 2. The molecule has 0 spiro atoms. The molecule has 0 aliphatic rings. The van der Waals surface area contributed by atoms with E-state index in [-0.39, 0.29) is 23.1 Å². The lowest BCUT2D eigenvalue weighted by Gasteiger charge is -2.08. The van der Waals surface area contributed by atoms with E-state index in [1.54, 1.807) is 6.92 Å². The van der Waals surface area contributed by atoms with Crippen LogP contribution in [0.4, 0.5) is 13.2 Å². The van der Waals surface area contributed by atoms with Gasteiger partial charge in [-0.25, -0.2) is 4.79 Å². The fourth-order valence-electron chi connectivity index (χ4n) is 2.14. The first-order chi connectivity index (χ1) is 10.7. The number of nitrogens with zero attached hydrogens (tertiary/aromatic N) is 1. The molecule has 23 heavy (non-hydrogen) atoms. The number of hydrogen-bond acceptors (Lipinski definition) is 3. The molecule has 0 radical (unpaired) electrons. The van der Waals surface area contributed by atoms with Crippen LogP contribution in [0.3, 0.4) is 0 Å². The number of H-pyrrole nitrogens is 1. The minimum atomic E-state index is -4.52. The largest absolute Gasteiger partial charge is 0.406 e. The van der Waals surface area contributed by atoms with Crippen LogP contribution >= 0.6 is 0 Å². The molecule has 1 aromatic carbocycles. The fourth-order valence-corrected chi connectivity index (χ4v) is 2.14.